The van der Waals surface area contributed by atoms with Gasteiger partial charge in [-0.2, -0.15) is 0 Å². The fraction of sp³-hybridized carbons (Fsp3) is 0.588. The molecule has 1 aliphatic heterocycles. The molecule has 1 N–H and O–H groups in total. The summed E-state index contributed by atoms with van der Waals surface area (Å²) in [5.41, 5.74) is 1.44. The maximum Gasteiger partial charge on any atom is 0.163 e. The normalized spacial score (nSPS) is 19.7. The van der Waals surface area contributed by atoms with Crippen LogP contribution in [0, 0.1) is 5.92 Å². The smallest absolute Gasteiger partial charge is 0.163 e. The molecule has 1 aromatic carbocycles. The average Bonchev–Trinajstić information content (AvgIpc) is 2.64. The molecule has 0 aromatic heterocycles. The molecule has 0 bridgehead atoms. The summed E-state index contributed by atoms with van der Waals surface area (Å²) < 4.78 is 0. The van der Waals surface area contributed by atoms with E-state index in [2.05, 4.69) is 11.8 Å². The summed E-state index contributed by atoms with van der Waals surface area (Å²) in [6.45, 7) is 5.82. The summed E-state index contributed by atoms with van der Waals surface area (Å²) in [5, 5.41) is 9.95. The minimum absolute atomic E-state index is 0.0899. The van der Waals surface area contributed by atoms with Crippen LogP contribution < -0.4 is 4.90 Å². The zero-order chi connectivity index (χ0) is 14.5. The molecule has 3 nitrogen and oxygen atoms in total. The molecule has 1 atom stereocenters. The molecule has 110 valence electrons. The van der Waals surface area contributed by atoms with Crippen LogP contribution in [-0.2, 0) is 0 Å². The molecule has 1 unspecified atom stereocenters. The molecule has 1 aliphatic rings. The van der Waals surface area contributed by atoms with Gasteiger partial charge in [0, 0.05) is 24.8 Å². The minimum Gasteiger partial charge on any atom is -0.507 e. The summed E-state index contributed by atoms with van der Waals surface area (Å²) >= 11 is 0. The summed E-state index contributed by atoms with van der Waals surface area (Å²) in [5.74, 6) is 0.854. The fourth-order valence-electron chi connectivity index (χ4n) is 3.13. The average molecular weight is 275 g/mol. The van der Waals surface area contributed by atoms with Gasteiger partial charge in [-0.3, -0.25) is 4.79 Å². The van der Waals surface area contributed by atoms with E-state index in [1.807, 2.05) is 6.07 Å². The number of aromatic hydroxyl groups is 1. The van der Waals surface area contributed by atoms with Gasteiger partial charge in [-0.05, 0) is 44.2 Å². The van der Waals surface area contributed by atoms with Gasteiger partial charge in [0.1, 0.15) is 5.75 Å². The number of phenolic OH excluding ortho intramolecular Hbond substituents is 1. The molecule has 1 aromatic rings. The summed E-state index contributed by atoms with van der Waals surface area (Å²) in [6, 6.07) is 5.43. The van der Waals surface area contributed by atoms with Crippen molar-refractivity contribution in [1.82, 2.24) is 0 Å². The van der Waals surface area contributed by atoms with Crippen LogP contribution in [0.15, 0.2) is 18.2 Å². The second-order valence-electron chi connectivity index (χ2n) is 5.83. The molecule has 20 heavy (non-hydrogen) atoms. The fourth-order valence-corrected chi connectivity index (χ4v) is 3.13. The Morgan fingerprint density at radius 2 is 2.15 bits per heavy atom. The van der Waals surface area contributed by atoms with Gasteiger partial charge >= 0.3 is 0 Å². The number of Topliss-reactive ketones (excluding diaryl/α,β-unsaturated/α-hetero) is 1. The first-order valence-corrected chi connectivity index (χ1v) is 7.70. The summed E-state index contributed by atoms with van der Waals surface area (Å²) in [7, 11) is 0. The van der Waals surface area contributed by atoms with E-state index < -0.39 is 0 Å². The largest absolute Gasteiger partial charge is 0.507 e. The third kappa shape index (κ3) is 3.53. The maximum absolute atomic E-state index is 11.4. The van der Waals surface area contributed by atoms with E-state index >= 15 is 0 Å². The summed E-state index contributed by atoms with van der Waals surface area (Å²) in [4.78, 5) is 13.7. The quantitative estimate of drug-likeness (QED) is 0.844. The number of carbonyl (C=O) groups excluding carboxylic acids is 1. The first-order chi connectivity index (χ1) is 9.61. The van der Waals surface area contributed by atoms with Crippen molar-refractivity contribution in [3.63, 3.8) is 0 Å². The Balaban J connectivity index is 2.08. The van der Waals surface area contributed by atoms with Crippen LogP contribution in [0.5, 0.6) is 5.75 Å². The molecule has 1 fully saturated rings. The van der Waals surface area contributed by atoms with E-state index in [9.17, 15) is 9.90 Å². The molecule has 1 heterocycles. The van der Waals surface area contributed by atoms with Gasteiger partial charge in [0.2, 0.25) is 0 Å². The van der Waals surface area contributed by atoms with Crippen molar-refractivity contribution in [2.45, 2.75) is 46.0 Å². The van der Waals surface area contributed by atoms with E-state index in [0.717, 1.165) is 24.7 Å². The van der Waals surface area contributed by atoms with Crippen molar-refractivity contribution < 1.29 is 9.90 Å². The zero-order valence-corrected chi connectivity index (χ0v) is 12.6. The van der Waals surface area contributed by atoms with Gasteiger partial charge in [0.15, 0.2) is 5.78 Å². The Kier molecular flexibility index (Phi) is 5.05. The third-order valence-corrected chi connectivity index (χ3v) is 4.27. The van der Waals surface area contributed by atoms with Crippen LogP contribution in [0.2, 0.25) is 0 Å². The van der Waals surface area contributed by atoms with Crippen molar-refractivity contribution in [1.29, 1.82) is 0 Å². The van der Waals surface area contributed by atoms with Crippen molar-refractivity contribution in [3.05, 3.63) is 23.8 Å². The molecule has 0 amide bonds. The first kappa shape index (κ1) is 14.9. The molecule has 3 heteroatoms. The van der Waals surface area contributed by atoms with Crippen LogP contribution in [0.25, 0.3) is 0 Å². The monoisotopic (exact) mass is 275 g/mol. The lowest BCUT2D eigenvalue weighted by Crippen LogP contribution is -2.24. The minimum atomic E-state index is -0.0899. The number of hydrogen-bond donors (Lipinski definition) is 1. The number of carbonyl (C=O) groups is 1. The predicted molar refractivity (Wildman–Crippen MR) is 82.6 cm³/mol. The second kappa shape index (κ2) is 6.78. The molecular weight excluding hydrogens is 250 g/mol. The van der Waals surface area contributed by atoms with Crippen LogP contribution >= 0.6 is 0 Å². The van der Waals surface area contributed by atoms with Gasteiger partial charge < -0.3 is 10.0 Å². The molecule has 0 aliphatic carbocycles. The number of anilines is 1. The van der Waals surface area contributed by atoms with Gasteiger partial charge in [-0.25, -0.2) is 0 Å². The highest BCUT2D eigenvalue weighted by Gasteiger charge is 2.17. The molecular formula is C17H25NO2. The van der Waals surface area contributed by atoms with Crippen molar-refractivity contribution in [2.24, 2.45) is 5.92 Å². The molecule has 0 saturated carbocycles. The van der Waals surface area contributed by atoms with Gasteiger partial charge in [0.05, 0.1) is 5.56 Å². The molecule has 0 radical (unpaired) electrons. The van der Waals surface area contributed by atoms with Crippen molar-refractivity contribution >= 4 is 11.5 Å². The molecule has 0 spiro atoms. The highest BCUT2D eigenvalue weighted by molar-refractivity contribution is 5.97. The standard InChI is InChI=1S/C17H25NO2/c1-3-5-14-6-4-10-18(11-9-14)15-7-8-16(13(2)19)17(20)12-15/h7-8,12,14,20H,3-6,9-11H2,1-2H3. The maximum atomic E-state index is 11.4. The van der Waals surface area contributed by atoms with E-state index in [1.165, 1.54) is 39.0 Å². The third-order valence-electron chi connectivity index (χ3n) is 4.27. The van der Waals surface area contributed by atoms with Gasteiger partial charge in [0.25, 0.3) is 0 Å². The number of nitrogens with zero attached hydrogens (tertiary/aromatic N) is 1. The first-order valence-electron chi connectivity index (χ1n) is 7.70. The van der Waals surface area contributed by atoms with Crippen molar-refractivity contribution in [2.75, 3.05) is 18.0 Å². The molecule has 2 rings (SSSR count). The van der Waals surface area contributed by atoms with E-state index in [-0.39, 0.29) is 11.5 Å². The predicted octanol–water partition coefficient (Wildman–Crippen LogP) is 4.00. The van der Waals surface area contributed by atoms with E-state index in [4.69, 9.17) is 0 Å². The van der Waals surface area contributed by atoms with Crippen LogP contribution in [0.4, 0.5) is 5.69 Å². The number of phenols is 1. The number of rotatable bonds is 4. The Morgan fingerprint density at radius 3 is 2.80 bits per heavy atom. The lowest BCUT2D eigenvalue weighted by molar-refractivity contribution is 0.101. The topological polar surface area (TPSA) is 40.5 Å². The van der Waals surface area contributed by atoms with Gasteiger partial charge in [-0.1, -0.05) is 19.8 Å². The van der Waals surface area contributed by atoms with Crippen molar-refractivity contribution in [3.8, 4) is 5.75 Å². The highest BCUT2D eigenvalue weighted by atomic mass is 16.3. The molecule has 1 saturated heterocycles. The highest BCUT2D eigenvalue weighted by Crippen LogP contribution is 2.29. The summed E-state index contributed by atoms with van der Waals surface area (Å²) in [6.07, 6.45) is 6.33. The van der Waals surface area contributed by atoms with Gasteiger partial charge in [-0.15, -0.1) is 0 Å². The van der Waals surface area contributed by atoms with E-state index in [1.54, 1.807) is 12.1 Å². The lowest BCUT2D eigenvalue weighted by atomic mass is 9.96. The Morgan fingerprint density at radius 1 is 1.35 bits per heavy atom. The zero-order valence-electron chi connectivity index (χ0n) is 12.6. The SMILES string of the molecule is CCCC1CCCN(c2ccc(C(C)=O)c(O)c2)CC1. The number of hydrogen-bond acceptors (Lipinski definition) is 3. The van der Waals surface area contributed by atoms with Crippen LogP contribution in [0.1, 0.15) is 56.3 Å². The Bertz CT molecular complexity index is 470. The Hall–Kier alpha value is -1.51. The second-order valence-corrected chi connectivity index (χ2v) is 5.83. The van der Waals surface area contributed by atoms with Crippen LogP contribution in [-0.4, -0.2) is 24.0 Å². The number of ketones is 1. The van der Waals surface area contributed by atoms with Crippen LogP contribution in [0.3, 0.4) is 0 Å². The Labute approximate surface area is 121 Å². The lowest BCUT2D eigenvalue weighted by Gasteiger charge is -2.23. The number of benzene rings is 1. The van der Waals surface area contributed by atoms with E-state index in [0.29, 0.717) is 5.56 Å².